The van der Waals surface area contributed by atoms with Gasteiger partial charge in [0, 0.05) is 17.3 Å². The van der Waals surface area contributed by atoms with Gasteiger partial charge in [-0.3, -0.25) is 5.43 Å². The van der Waals surface area contributed by atoms with Crippen LogP contribution >= 0.6 is 12.2 Å². The molecule has 0 fully saturated rings. The Kier molecular flexibility index (Phi) is 9.66. The first-order chi connectivity index (χ1) is 18.4. The molecule has 0 unspecified atom stereocenters. The van der Waals surface area contributed by atoms with Gasteiger partial charge >= 0.3 is 6.36 Å². The standard InChI is InChI=1S/C26H23F5N6OS/c1-15(2)20-11-21(27)22(28)12-23(20)36-25(39)37-35-13-16-3-5-17(6-4-16)24(32)34-14-33-18-7-9-19(10-8-18)38-26(29,30)31/h3-15H,1-2H3,(H2,32,33,34)(H2,36,37,39)/b35-13+. The Labute approximate surface area is 226 Å². The molecule has 0 aromatic heterocycles. The quantitative estimate of drug-likeness (QED) is 0.0975. The average Bonchev–Trinajstić information content (AvgIpc) is 2.86. The maximum absolute atomic E-state index is 13.7. The number of rotatable bonds is 8. The van der Waals surface area contributed by atoms with Gasteiger partial charge < -0.3 is 15.8 Å². The molecule has 0 aliphatic carbocycles. The zero-order valence-corrected chi connectivity index (χ0v) is 21.4. The lowest BCUT2D eigenvalue weighted by atomic mass is 10.0. The zero-order valence-electron chi connectivity index (χ0n) is 20.6. The zero-order chi connectivity index (χ0) is 28.6. The summed E-state index contributed by atoms with van der Waals surface area (Å²) in [5.41, 5.74) is 11.1. The molecule has 4 N–H and O–H groups in total. The third kappa shape index (κ3) is 9.14. The normalized spacial score (nSPS) is 12.4. The number of aliphatic imine (C=N–C) groups is 2. The summed E-state index contributed by atoms with van der Waals surface area (Å²) in [4.78, 5) is 8.05. The van der Waals surface area contributed by atoms with Crippen molar-refractivity contribution in [2.45, 2.75) is 26.1 Å². The van der Waals surface area contributed by atoms with E-state index in [0.29, 0.717) is 28.1 Å². The van der Waals surface area contributed by atoms with Crippen molar-refractivity contribution in [3.8, 4) is 5.75 Å². The summed E-state index contributed by atoms with van der Waals surface area (Å²) in [5.74, 6) is -2.19. The van der Waals surface area contributed by atoms with Gasteiger partial charge in [-0.1, -0.05) is 38.1 Å². The maximum atomic E-state index is 13.7. The van der Waals surface area contributed by atoms with Crippen molar-refractivity contribution in [2.24, 2.45) is 20.8 Å². The summed E-state index contributed by atoms with van der Waals surface area (Å²) in [6.07, 6.45) is -2.09. The number of hydrazone groups is 1. The molecule has 0 bridgehead atoms. The first kappa shape index (κ1) is 29.2. The van der Waals surface area contributed by atoms with Crippen molar-refractivity contribution < 1.29 is 26.7 Å². The molecule has 0 radical (unpaired) electrons. The first-order valence-corrected chi connectivity index (χ1v) is 11.7. The van der Waals surface area contributed by atoms with Crippen LogP contribution in [0.4, 0.5) is 33.3 Å². The van der Waals surface area contributed by atoms with Gasteiger partial charge in [0.15, 0.2) is 16.7 Å². The van der Waals surface area contributed by atoms with E-state index in [4.69, 9.17) is 18.0 Å². The smallest absolute Gasteiger partial charge is 0.406 e. The first-order valence-electron chi connectivity index (χ1n) is 11.3. The fraction of sp³-hybridized carbons (Fsp3) is 0.154. The van der Waals surface area contributed by atoms with E-state index in [1.54, 1.807) is 24.3 Å². The molecule has 13 heteroatoms. The van der Waals surface area contributed by atoms with E-state index < -0.39 is 18.0 Å². The van der Waals surface area contributed by atoms with Gasteiger partial charge in [0.1, 0.15) is 17.9 Å². The van der Waals surface area contributed by atoms with Crippen LogP contribution in [-0.4, -0.2) is 29.9 Å². The number of thiocarbonyl (C=S) groups is 1. The Morgan fingerprint density at radius 3 is 2.26 bits per heavy atom. The molecular weight excluding hydrogens is 539 g/mol. The van der Waals surface area contributed by atoms with E-state index in [2.05, 4.69) is 30.6 Å². The van der Waals surface area contributed by atoms with Gasteiger partial charge in [0.05, 0.1) is 11.9 Å². The Hall–Kier alpha value is -4.39. The average molecular weight is 563 g/mol. The molecule has 0 aliphatic heterocycles. The molecule has 0 heterocycles. The van der Waals surface area contributed by atoms with Crippen molar-refractivity contribution in [3.63, 3.8) is 0 Å². The molecule has 0 atom stereocenters. The molecule has 0 saturated carbocycles. The van der Waals surface area contributed by atoms with E-state index in [1.165, 1.54) is 24.7 Å². The molecule has 3 aromatic rings. The van der Waals surface area contributed by atoms with Crippen molar-refractivity contribution in [1.29, 1.82) is 0 Å². The van der Waals surface area contributed by atoms with Crippen LogP contribution in [0.25, 0.3) is 0 Å². The van der Waals surface area contributed by atoms with Crippen LogP contribution in [-0.2, 0) is 0 Å². The minimum atomic E-state index is -4.77. The minimum Gasteiger partial charge on any atom is -0.406 e. The van der Waals surface area contributed by atoms with Crippen LogP contribution in [0.15, 0.2) is 75.7 Å². The van der Waals surface area contributed by atoms with Gasteiger partial charge in [-0.15, -0.1) is 13.2 Å². The fourth-order valence-electron chi connectivity index (χ4n) is 3.17. The largest absolute Gasteiger partial charge is 0.573 e. The van der Waals surface area contributed by atoms with Crippen LogP contribution in [0.5, 0.6) is 5.75 Å². The van der Waals surface area contributed by atoms with E-state index in [9.17, 15) is 22.0 Å². The predicted molar refractivity (Wildman–Crippen MR) is 146 cm³/mol. The van der Waals surface area contributed by atoms with E-state index in [1.807, 2.05) is 13.8 Å². The number of ether oxygens (including phenoxy) is 1. The van der Waals surface area contributed by atoms with Gasteiger partial charge in [0.2, 0.25) is 0 Å². The number of nitrogens with one attached hydrogen (secondary N) is 2. The number of benzene rings is 3. The van der Waals surface area contributed by atoms with Crippen LogP contribution in [0.3, 0.4) is 0 Å². The second kappa shape index (κ2) is 12.9. The van der Waals surface area contributed by atoms with Gasteiger partial charge in [-0.25, -0.2) is 18.8 Å². The lowest BCUT2D eigenvalue weighted by Gasteiger charge is -2.15. The third-order valence-corrected chi connectivity index (χ3v) is 5.22. The van der Waals surface area contributed by atoms with Crippen molar-refractivity contribution in [1.82, 2.24) is 5.43 Å². The summed E-state index contributed by atoms with van der Waals surface area (Å²) in [6, 6.07) is 14.0. The number of amidine groups is 1. The number of nitrogens with zero attached hydrogens (tertiary/aromatic N) is 3. The number of hydrogen-bond acceptors (Lipinski definition) is 4. The van der Waals surface area contributed by atoms with Crippen molar-refractivity contribution in [2.75, 3.05) is 5.32 Å². The van der Waals surface area contributed by atoms with Gasteiger partial charge in [-0.05, 0) is 59.6 Å². The second-order valence-corrected chi connectivity index (χ2v) is 8.66. The monoisotopic (exact) mass is 562 g/mol. The Balaban J connectivity index is 1.55. The van der Waals surface area contributed by atoms with Crippen LogP contribution in [0, 0.1) is 11.6 Å². The van der Waals surface area contributed by atoms with Gasteiger partial charge in [0.25, 0.3) is 0 Å². The molecule has 0 amide bonds. The highest BCUT2D eigenvalue weighted by molar-refractivity contribution is 7.80. The lowest BCUT2D eigenvalue weighted by Crippen LogP contribution is -2.24. The molecule has 0 spiro atoms. The summed E-state index contributed by atoms with van der Waals surface area (Å²) < 4.78 is 67.7. The Bertz CT molecular complexity index is 1390. The second-order valence-electron chi connectivity index (χ2n) is 8.26. The molecule has 0 saturated heterocycles. The van der Waals surface area contributed by atoms with Crippen LogP contribution in [0.2, 0.25) is 0 Å². The highest BCUT2D eigenvalue weighted by atomic mass is 32.1. The fourth-order valence-corrected chi connectivity index (χ4v) is 3.33. The van der Waals surface area contributed by atoms with Crippen LogP contribution in [0.1, 0.15) is 36.5 Å². The molecule has 0 aliphatic rings. The number of hydrogen-bond donors (Lipinski definition) is 3. The highest BCUT2D eigenvalue weighted by Crippen LogP contribution is 2.27. The van der Waals surface area contributed by atoms with Crippen molar-refractivity contribution in [3.05, 3.63) is 89.0 Å². The summed E-state index contributed by atoms with van der Waals surface area (Å²) >= 11 is 5.18. The molecular formula is C26H23F5N6OS. The highest BCUT2D eigenvalue weighted by Gasteiger charge is 2.30. The minimum absolute atomic E-state index is 0.0667. The summed E-state index contributed by atoms with van der Waals surface area (Å²) in [6.45, 7) is 3.69. The Morgan fingerprint density at radius 1 is 1.00 bits per heavy atom. The Morgan fingerprint density at radius 2 is 1.64 bits per heavy atom. The summed E-state index contributed by atoms with van der Waals surface area (Å²) in [5, 5.41) is 6.94. The molecule has 3 rings (SSSR count). The molecule has 39 heavy (non-hydrogen) atoms. The molecule has 7 nitrogen and oxygen atoms in total. The van der Waals surface area contributed by atoms with E-state index in [0.717, 1.165) is 24.3 Å². The summed E-state index contributed by atoms with van der Waals surface area (Å²) in [7, 11) is 0. The van der Waals surface area contributed by atoms with Crippen LogP contribution < -0.4 is 21.2 Å². The number of halogens is 5. The van der Waals surface area contributed by atoms with Gasteiger partial charge in [-0.2, -0.15) is 5.10 Å². The lowest BCUT2D eigenvalue weighted by molar-refractivity contribution is -0.274. The van der Waals surface area contributed by atoms with Crippen molar-refractivity contribution >= 4 is 47.1 Å². The predicted octanol–water partition coefficient (Wildman–Crippen LogP) is 6.37. The van der Waals surface area contributed by atoms with E-state index >= 15 is 0 Å². The number of nitrogens with two attached hydrogens (primary N) is 1. The SMILES string of the molecule is CC(C)c1cc(F)c(F)cc1NC(=S)N/N=C/c1ccc(C(N)=NC=Nc2ccc(OC(F)(F)F)cc2)cc1. The topological polar surface area (TPSA) is 96.4 Å². The number of alkyl halides is 3. The number of anilines is 1. The molecule has 204 valence electrons. The maximum Gasteiger partial charge on any atom is 0.573 e. The third-order valence-electron chi connectivity index (χ3n) is 5.02. The molecule has 3 aromatic carbocycles. The van der Waals surface area contributed by atoms with E-state index in [-0.39, 0.29) is 22.6 Å².